The summed E-state index contributed by atoms with van der Waals surface area (Å²) in [6, 6.07) is 14.7. The molecular weight excluding hydrogens is 533 g/mol. The highest BCUT2D eigenvalue weighted by atomic mass is 32.2. The van der Waals surface area contributed by atoms with Gasteiger partial charge in [-0.05, 0) is 37.1 Å². The first-order chi connectivity index (χ1) is 18.1. The first-order valence-corrected chi connectivity index (χ1v) is 13.3. The fourth-order valence-electron chi connectivity index (χ4n) is 3.15. The molecule has 38 heavy (non-hydrogen) atoms. The Morgan fingerprint density at radius 3 is 2.29 bits per heavy atom. The number of carbonyl (C=O) groups excluding carboxylic acids is 2. The van der Waals surface area contributed by atoms with Crippen molar-refractivity contribution in [2.24, 2.45) is 0 Å². The van der Waals surface area contributed by atoms with Crippen molar-refractivity contribution >= 4 is 39.0 Å². The summed E-state index contributed by atoms with van der Waals surface area (Å²) in [6.07, 6.45) is 8.68. The number of nitrogens with one attached hydrogen (secondary N) is 1. The molecule has 0 aliphatic rings. The summed E-state index contributed by atoms with van der Waals surface area (Å²) in [5.41, 5.74) is 2.25. The Morgan fingerprint density at radius 2 is 1.71 bits per heavy atom. The van der Waals surface area contributed by atoms with E-state index in [-0.39, 0.29) is 22.2 Å². The van der Waals surface area contributed by atoms with Crippen LogP contribution in [0.25, 0.3) is 11.3 Å². The number of hydrogen-bond acceptors (Lipinski definition) is 5. The number of anilines is 1. The fraction of sp³-hybridized carbons (Fsp3) is 0.179. The standard InChI is InChI=1S/C26H23F3N2O3S2.C2H2/c1-3-4-8-17(2)23(33)24-22(19-9-6-5-7-10-19)31-25(35-24)30-21(32)15-18-11-13-20(14-12-18)36(34)16-26(27,28)29;1-2/h3-14H,15-16H2,1-2H3,(H,30,31,32);1-2H/b4-3-,17-8+;. The number of Topliss-reactive ketones (excluding diaryl/α,β-unsaturated/α-hetero) is 1. The summed E-state index contributed by atoms with van der Waals surface area (Å²) >= 11 is 1.07. The second-order valence-electron chi connectivity index (χ2n) is 7.74. The van der Waals surface area contributed by atoms with E-state index in [1.807, 2.05) is 43.3 Å². The minimum atomic E-state index is -4.53. The van der Waals surface area contributed by atoms with Gasteiger partial charge in [-0.2, -0.15) is 13.2 Å². The lowest BCUT2D eigenvalue weighted by Gasteiger charge is -2.07. The predicted molar refractivity (Wildman–Crippen MR) is 146 cm³/mol. The van der Waals surface area contributed by atoms with Crippen LogP contribution in [0, 0.1) is 12.8 Å². The first kappa shape index (κ1) is 30.4. The Hall–Kier alpha value is -3.81. The highest BCUT2D eigenvalue weighted by molar-refractivity contribution is 7.85. The largest absolute Gasteiger partial charge is 0.400 e. The average Bonchev–Trinajstić information content (AvgIpc) is 3.31. The van der Waals surface area contributed by atoms with E-state index in [1.54, 1.807) is 19.1 Å². The minimum Gasteiger partial charge on any atom is -0.302 e. The van der Waals surface area contributed by atoms with Crippen LogP contribution in [-0.2, 0) is 22.0 Å². The molecule has 0 saturated heterocycles. The van der Waals surface area contributed by atoms with E-state index in [9.17, 15) is 27.0 Å². The molecule has 0 fully saturated rings. The van der Waals surface area contributed by atoms with Crippen LogP contribution in [0.5, 0.6) is 0 Å². The molecule has 3 rings (SSSR count). The SMILES string of the molecule is C#C.C/C=C\C=C(/C)C(=O)c1sc(NC(=O)Cc2ccc(S(=O)CC(F)(F)F)cc2)nc1-c1ccccc1. The van der Waals surface area contributed by atoms with E-state index in [1.165, 1.54) is 24.3 Å². The molecule has 198 valence electrons. The van der Waals surface area contributed by atoms with Gasteiger partial charge in [-0.15, -0.1) is 12.8 Å². The number of thiazole rings is 1. The van der Waals surface area contributed by atoms with Crippen LogP contribution < -0.4 is 5.32 Å². The molecule has 2 aromatic carbocycles. The summed E-state index contributed by atoms with van der Waals surface area (Å²) in [6.45, 7) is 3.56. The Kier molecular flexibility index (Phi) is 11.4. The molecule has 5 nitrogen and oxygen atoms in total. The Morgan fingerprint density at radius 1 is 1.08 bits per heavy atom. The zero-order chi connectivity index (χ0) is 28.3. The quantitative estimate of drug-likeness (QED) is 0.139. The number of alkyl halides is 3. The van der Waals surface area contributed by atoms with E-state index >= 15 is 0 Å². The van der Waals surface area contributed by atoms with Crippen molar-refractivity contribution in [3.63, 3.8) is 0 Å². The van der Waals surface area contributed by atoms with Crippen molar-refractivity contribution in [2.45, 2.75) is 31.3 Å². The molecule has 1 N–H and O–H groups in total. The lowest BCUT2D eigenvalue weighted by Crippen LogP contribution is -2.18. The van der Waals surface area contributed by atoms with Gasteiger partial charge in [-0.25, -0.2) is 4.98 Å². The molecule has 0 aliphatic heterocycles. The summed E-state index contributed by atoms with van der Waals surface area (Å²) < 4.78 is 49.2. The number of hydrogen-bond donors (Lipinski definition) is 1. The van der Waals surface area contributed by atoms with E-state index in [0.717, 1.165) is 16.9 Å². The molecule has 1 heterocycles. The van der Waals surface area contributed by atoms with Gasteiger partial charge in [0.1, 0.15) is 10.6 Å². The van der Waals surface area contributed by atoms with Gasteiger partial charge < -0.3 is 5.32 Å². The fourth-order valence-corrected chi connectivity index (χ4v) is 5.07. The smallest absolute Gasteiger partial charge is 0.302 e. The number of ketones is 1. The van der Waals surface area contributed by atoms with E-state index < -0.39 is 28.6 Å². The van der Waals surface area contributed by atoms with Crippen molar-refractivity contribution < 1.29 is 27.0 Å². The van der Waals surface area contributed by atoms with Crippen LogP contribution in [0.2, 0.25) is 0 Å². The van der Waals surface area contributed by atoms with Gasteiger partial charge in [0.25, 0.3) is 0 Å². The number of benzene rings is 2. The van der Waals surface area contributed by atoms with Gasteiger partial charge in [-0.1, -0.05) is 72.0 Å². The van der Waals surface area contributed by atoms with Crippen molar-refractivity contribution in [1.29, 1.82) is 0 Å². The maximum absolute atomic E-state index is 13.1. The molecule has 0 aliphatic carbocycles. The number of carbonyl (C=O) groups is 2. The lowest BCUT2D eigenvalue weighted by molar-refractivity contribution is -0.115. The highest BCUT2D eigenvalue weighted by Gasteiger charge is 2.31. The van der Waals surface area contributed by atoms with Crippen LogP contribution in [0.15, 0.2) is 83.3 Å². The molecule has 10 heteroatoms. The van der Waals surface area contributed by atoms with Gasteiger partial charge in [0.15, 0.2) is 5.13 Å². The Bertz CT molecular complexity index is 1360. The molecule has 1 amide bonds. The van der Waals surface area contributed by atoms with Crippen LogP contribution in [0.4, 0.5) is 18.3 Å². The maximum atomic E-state index is 13.1. The monoisotopic (exact) mass is 558 g/mol. The maximum Gasteiger partial charge on any atom is 0.400 e. The van der Waals surface area contributed by atoms with Crippen molar-refractivity contribution in [1.82, 2.24) is 4.98 Å². The van der Waals surface area contributed by atoms with Crippen LogP contribution in [0.3, 0.4) is 0 Å². The summed E-state index contributed by atoms with van der Waals surface area (Å²) in [7, 11) is -2.21. The molecule has 0 bridgehead atoms. The third kappa shape index (κ3) is 8.94. The normalized spacial score (nSPS) is 12.4. The summed E-state index contributed by atoms with van der Waals surface area (Å²) in [5.74, 6) is -2.04. The van der Waals surface area contributed by atoms with Crippen molar-refractivity contribution in [3.05, 3.63) is 88.8 Å². The number of halogens is 3. The Labute approximate surface area is 226 Å². The molecule has 1 unspecified atom stereocenters. The van der Waals surface area contributed by atoms with Gasteiger partial charge in [0.2, 0.25) is 11.7 Å². The van der Waals surface area contributed by atoms with E-state index in [4.69, 9.17) is 0 Å². The zero-order valence-electron chi connectivity index (χ0n) is 20.6. The second kappa shape index (κ2) is 14.2. The third-order valence-electron chi connectivity index (χ3n) is 4.87. The summed E-state index contributed by atoms with van der Waals surface area (Å²) in [5, 5.41) is 2.95. The number of allylic oxidation sites excluding steroid dienone is 4. The molecule has 1 aromatic heterocycles. The molecular formula is C28H25F3N2O3S2. The van der Waals surface area contributed by atoms with Gasteiger partial charge in [0.05, 0.1) is 22.9 Å². The molecule has 0 saturated carbocycles. The zero-order valence-corrected chi connectivity index (χ0v) is 22.3. The van der Waals surface area contributed by atoms with Crippen LogP contribution in [0.1, 0.15) is 29.1 Å². The first-order valence-electron chi connectivity index (χ1n) is 11.1. The number of nitrogens with zero attached hydrogens (tertiary/aromatic N) is 1. The van der Waals surface area contributed by atoms with Crippen molar-refractivity contribution in [2.75, 3.05) is 11.1 Å². The van der Waals surface area contributed by atoms with Gasteiger partial charge in [-0.3, -0.25) is 13.8 Å². The van der Waals surface area contributed by atoms with Gasteiger partial charge >= 0.3 is 6.18 Å². The van der Waals surface area contributed by atoms with E-state index in [2.05, 4.69) is 23.1 Å². The molecule has 0 radical (unpaired) electrons. The highest BCUT2D eigenvalue weighted by Crippen LogP contribution is 2.33. The van der Waals surface area contributed by atoms with Crippen LogP contribution in [-0.4, -0.2) is 32.8 Å². The lowest BCUT2D eigenvalue weighted by atomic mass is 10.1. The van der Waals surface area contributed by atoms with Crippen molar-refractivity contribution in [3.8, 4) is 24.1 Å². The number of aromatic nitrogens is 1. The topological polar surface area (TPSA) is 76.1 Å². The molecule has 1 atom stereocenters. The minimum absolute atomic E-state index is 0.0356. The Balaban J connectivity index is 0.00000247. The number of terminal acetylenes is 1. The molecule has 0 spiro atoms. The van der Waals surface area contributed by atoms with Crippen LogP contribution >= 0.6 is 11.3 Å². The third-order valence-corrected chi connectivity index (χ3v) is 7.23. The number of amides is 1. The molecule has 3 aromatic rings. The van der Waals surface area contributed by atoms with Gasteiger partial charge in [0, 0.05) is 10.5 Å². The number of rotatable bonds is 9. The van der Waals surface area contributed by atoms with E-state index in [0.29, 0.717) is 21.7 Å². The summed E-state index contributed by atoms with van der Waals surface area (Å²) in [4.78, 5) is 30.6. The average molecular weight is 559 g/mol. The second-order valence-corrected chi connectivity index (χ2v) is 10.2. The predicted octanol–water partition coefficient (Wildman–Crippen LogP) is 6.62.